The van der Waals surface area contributed by atoms with E-state index >= 15 is 0 Å². The fourth-order valence-electron chi connectivity index (χ4n) is 8.58. The molecule has 2 saturated heterocycles. The predicted octanol–water partition coefficient (Wildman–Crippen LogP) is 3.80. The molecule has 3 fully saturated rings. The molecule has 5 atom stereocenters. The van der Waals surface area contributed by atoms with Crippen LogP contribution in [0, 0.1) is 23.2 Å². The van der Waals surface area contributed by atoms with Gasteiger partial charge in [0.05, 0.1) is 23.2 Å². The summed E-state index contributed by atoms with van der Waals surface area (Å²) in [7, 11) is 0. The molecule has 10 nitrogen and oxygen atoms in total. The van der Waals surface area contributed by atoms with Crippen molar-refractivity contribution < 1.29 is 19.2 Å². The Bertz CT molecular complexity index is 1800. The van der Waals surface area contributed by atoms with Gasteiger partial charge in [-0.05, 0) is 66.5 Å². The van der Waals surface area contributed by atoms with Crippen molar-refractivity contribution in [3.8, 4) is 0 Å². The lowest BCUT2D eigenvalue weighted by Gasteiger charge is -2.61. The Kier molecular flexibility index (Phi) is 5.93. The molecule has 3 aliphatic heterocycles. The van der Waals surface area contributed by atoms with Crippen LogP contribution in [0.5, 0.6) is 0 Å². The van der Waals surface area contributed by atoms with Crippen LogP contribution in [0.25, 0.3) is 10.8 Å². The van der Waals surface area contributed by atoms with E-state index in [1.165, 1.54) is 10.5 Å². The van der Waals surface area contributed by atoms with Crippen LogP contribution in [0.1, 0.15) is 74.0 Å². The molecule has 0 radical (unpaired) electrons. The molecule has 5 aliphatic rings. The minimum atomic E-state index is -0.759. The SMILES string of the molecule is CC1C=C2C1C(C)C2(C)C(=O)N1CCC(n2cc(Cc3cnc4c5c(cccc35)C(=O)N4C3CCC(=O)NC3=O)cn2)CC1. The molecular weight excluding hydrogens is 556 g/mol. The molecule has 3 aromatic rings. The number of pyridine rings is 1. The van der Waals surface area contributed by atoms with Crippen molar-refractivity contribution in [1.82, 2.24) is 25.0 Å². The number of benzene rings is 1. The zero-order valence-electron chi connectivity index (χ0n) is 25.2. The Hall–Kier alpha value is -4.34. The first-order valence-electron chi connectivity index (χ1n) is 15.8. The van der Waals surface area contributed by atoms with Gasteiger partial charge in [-0.3, -0.25) is 34.1 Å². The zero-order valence-corrected chi connectivity index (χ0v) is 25.2. The average molecular weight is 593 g/mol. The van der Waals surface area contributed by atoms with Crippen LogP contribution in [0.2, 0.25) is 0 Å². The standard InChI is InChI=1S/C34H36N6O4/c1-18-13-25-28(18)19(2)34(25,3)33(44)38-11-9-22(10-12-38)39-17-20(15-36-39)14-21-16-35-30-29-23(21)5-4-6-24(29)32(43)40(30)26-7-8-27(41)37-31(26)42/h4-6,13,15-19,22,26,28H,7-12,14H2,1-3H3,(H,37,41,42). The summed E-state index contributed by atoms with van der Waals surface area (Å²) in [4.78, 5) is 59.5. The molecule has 44 heavy (non-hydrogen) atoms. The van der Waals surface area contributed by atoms with Crippen molar-refractivity contribution in [1.29, 1.82) is 0 Å². The van der Waals surface area contributed by atoms with Gasteiger partial charge in [-0.2, -0.15) is 5.10 Å². The lowest BCUT2D eigenvalue weighted by molar-refractivity contribution is -0.152. The minimum Gasteiger partial charge on any atom is -0.342 e. The quantitative estimate of drug-likeness (QED) is 0.356. The van der Waals surface area contributed by atoms with E-state index in [0.29, 0.717) is 35.6 Å². The summed E-state index contributed by atoms with van der Waals surface area (Å²) in [6.07, 6.45) is 10.9. The first-order valence-corrected chi connectivity index (χ1v) is 15.8. The highest BCUT2D eigenvalue weighted by atomic mass is 16.2. The number of likely N-dealkylation sites (tertiary alicyclic amines) is 1. The molecule has 5 unspecified atom stereocenters. The van der Waals surface area contributed by atoms with Gasteiger partial charge in [0.2, 0.25) is 17.7 Å². The van der Waals surface area contributed by atoms with Crippen molar-refractivity contribution in [3.05, 3.63) is 65.1 Å². The molecule has 8 rings (SSSR count). The summed E-state index contributed by atoms with van der Waals surface area (Å²) < 4.78 is 2.04. The average Bonchev–Trinajstić information content (AvgIpc) is 3.60. The van der Waals surface area contributed by atoms with Gasteiger partial charge >= 0.3 is 0 Å². The number of carbonyl (C=O) groups excluding carboxylic acids is 4. The highest BCUT2D eigenvalue weighted by molar-refractivity contribution is 6.26. The van der Waals surface area contributed by atoms with Crippen molar-refractivity contribution in [2.45, 2.75) is 65.0 Å². The Balaban J connectivity index is 0.974. The number of anilines is 1. The Morgan fingerprint density at radius 3 is 2.61 bits per heavy atom. The molecule has 226 valence electrons. The molecule has 1 aromatic carbocycles. The Labute approximate surface area is 255 Å². The molecular formula is C34H36N6O4. The van der Waals surface area contributed by atoms with Crippen LogP contribution >= 0.6 is 0 Å². The zero-order chi connectivity index (χ0) is 30.5. The molecule has 0 spiro atoms. The molecule has 1 saturated carbocycles. The van der Waals surface area contributed by atoms with Gasteiger partial charge in [-0.1, -0.05) is 37.6 Å². The summed E-state index contributed by atoms with van der Waals surface area (Å²) in [5.74, 6) is 1.29. The molecule has 4 amide bonds. The van der Waals surface area contributed by atoms with Gasteiger partial charge in [0.1, 0.15) is 11.9 Å². The number of aromatic nitrogens is 3. The number of hydrogen-bond donors (Lipinski definition) is 1. The molecule has 5 heterocycles. The monoisotopic (exact) mass is 592 g/mol. The number of hydrogen-bond acceptors (Lipinski definition) is 6. The second kappa shape index (κ2) is 9.58. The van der Waals surface area contributed by atoms with Gasteiger partial charge in [-0.25, -0.2) is 4.98 Å². The highest BCUT2D eigenvalue weighted by Crippen LogP contribution is 2.64. The molecule has 10 heteroatoms. The molecule has 1 N–H and O–H groups in total. The van der Waals surface area contributed by atoms with E-state index in [1.54, 1.807) is 12.3 Å². The van der Waals surface area contributed by atoms with E-state index in [0.717, 1.165) is 47.8 Å². The smallest absolute Gasteiger partial charge is 0.260 e. The second-order valence-electron chi connectivity index (χ2n) is 13.5. The summed E-state index contributed by atoms with van der Waals surface area (Å²) in [6, 6.07) is 5.10. The van der Waals surface area contributed by atoms with Crippen LogP contribution in [0.15, 0.2) is 48.4 Å². The maximum absolute atomic E-state index is 13.6. The van der Waals surface area contributed by atoms with Gasteiger partial charge in [0.15, 0.2) is 0 Å². The lowest BCUT2D eigenvalue weighted by atomic mass is 9.43. The van der Waals surface area contributed by atoms with E-state index < -0.39 is 11.9 Å². The number of fused-ring (bicyclic) bond motifs is 1. The first-order chi connectivity index (χ1) is 21.2. The number of allylic oxidation sites excluding steroid dienone is 1. The third-order valence-corrected chi connectivity index (χ3v) is 11.2. The van der Waals surface area contributed by atoms with E-state index in [1.807, 2.05) is 23.0 Å². The summed E-state index contributed by atoms with van der Waals surface area (Å²) >= 11 is 0. The Morgan fingerprint density at radius 2 is 1.89 bits per heavy atom. The topological polar surface area (TPSA) is 118 Å². The second-order valence-corrected chi connectivity index (χ2v) is 13.5. The fourth-order valence-corrected chi connectivity index (χ4v) is 8.58. The van der Waals surface area contributed by atoms with Crippen molar-refractivity contribution >= 4 is 40.2 Å². The summed E-state index contributed by atoms with van der Waals surface area (Å²) in [6.45, 7) is 8.10. The van der Waals surface area contributed by atoms with E-state index in [9.17, 15) is 19.2 Å². The van der Waals surface area contributed by atoms with Crippen molar-refractivity contribution in [2.24, 2.45) is 23.2 Å². The third-order valence-electron chi connectivity index (χ3n) is 11.2. The molecule has 0 bridgehead atoms. The lowest BCUT2D eigenvalue weighted by Crippen LogP contribution is -2.62. The number of piperidine rings is 2. The summed E-state index contributed by atoms with van der Waals surface area (Å²) in [5, 5.41) is 8.74. The first kappa shape index (κ1) is 27.2. The minimum absolute atomic E-state index is 0.188. The number of imide groups is 1. The van der Waals surface area contributed by atoms with Crippen LogP contribution in [-0.2, 0) is 20.8 Å². The van der Waals surface area contributed by atoms with Crippen LogP contribution < -0.4 is 10.2 Å². The van der Waals surface area contributed by atoms with Gasteiger partial charge in [-0.15, -0.1) is 0 Å². The number of amides is 4. The van der Waals surface area contributed by atoms with E-state index in [2.05, 4.69) is 48.2 Å². The maximum atomic E-state index is 13.6. The largest absolute Gasteiger partial charge is 0.342 e. The van der Waals surface area contributed by atoms with Crippen LogP contribution in [-0.4, -0.2) is 62.4 Å². The van der Waals surface area contributed by atoms with Gasteiger partial charge < -0.3 is 4.90 Å². The van der Waals surface area contributed by atoms with Crippen LogP contribution in [0.4, 0.5) is 5.82 Å². The fraction of sp³-hybridized carbons (Fsp3) is 0.471. The molecule has 2 aliphatic carbocycles. The molecule has 2 aromatic heterocycles. The highest BCUT2D eigenvalue weighted by Gasteiger charge is 2.63. The van der Waals surface area contributed by atoms with Crippen molar-refractivity contribution in [3.63, 3.8) is 0 Å². The van der Waals surface area contributed by atoms with Crippen molar-refractivity contribution in [2.75, 3.05) is 18.0 Å². The third kappa shape index (κ3) is 3.72. The van der Waals surface area contributed by atoms with E-state index in [4.69, 9.17) is 5.10 Å². The van der Waals surface area contributed by atoms with E-state index in [-0.39, 0.29) is 42.0 Å². The number of carbonyl (C=O) groups is 4. The number of nitrogens with one attached hydrogen (secondary N) is 1. The predicted molar refractivity (Wildman–Crippen MR) is 163 cm³/mol. The van der Waals surface area contributed by atoms with Crippen LogP contribution in [0.3, 0.4) is 0 Å². The normalized spacial score (nSPS) is 29.7. The number of nitrogens with zero attached hydrogens (tertiary/aromatic N) is 5. The van der Waals surface area contributed by atoms with Gasteiger partial charge in [0, 0.05) is 43.7 Å². The van der Waals surface area contributed by atoms with Gasteiger partial charge in [0.25, 0.3) is 5.91 Å². The maximum Gasteiger partial charge on any atom is 0.260 e. The Morgan fingerprint density at radius 1 is 1.09 bits per heavy atom. The summed E-state index contributed by atoms with van der Waals surface area (Å²) in [5.41, 5.74) is 3.57. The number of rotatable bonds is 5.